The maximum absolute atomic E-state index is 5.90. The van der Waals surface area contributed by atoms with Gasteiger partial charge < -0.3 is 15.5 Å². The zero-order valence-corrected chi connectivity index (χ0v) is 12.8. The lowest BCUT2D eigenvalue weighted by Crippen LogP contribution is -2.31. The van der Waals surface area contributed by atoms with Gasteiger partial charge in [-0.1, -0.05) is 18.2 Å². The van der Waals surface area contributed by atoms with Gasteiger partial charge in [-0.15, -0.1) is 0 Å². The summed E-state index contributed by atoms with van der Waals surface area (Å²) in [7, 11) is 2.12. The predicted molar refractivity (Wildman–Crippen MR) is 88.6 cm³/mol. The number of anilines is 1. The van der Waals surface area contributed by atoms with Crippen molar-refractivity contribution in [1.82, 2.24) is 9.88 Å². The third-order valence-corrected chi connectivity index (χ3v) is 4.35. The molecular weight excluding hydrogens is 260 g/mol. The van der Waals surface area contributed by atoms with Gasteiger partial charge in [0, 0.05) is 32.1 Å². The van der Waals surface area contributed by atoms with Crippen LogP contribution in [0, 0.1) is 0 Å². The Balaban J connectivity index is 1.78. The smallest absolute Gasteiger partial charge is 0.129 e. The first kappa shape index (κ1) is 14.3. The molecule has 0 aliphatic carbocycles. The van der Waals surface area contributed by atoms with Crippen LogP contribution in [0.15, 0.2) is 30.3 Å². The quantitative estimate of drug-likeness (QED) is 0.914. The fourth-order valence-corrected chi connectivity index (χ4v) is 3.01. The molecule has 0 radical (unpaired) electrons. The van der Waals surface area contributed by atoms with Crippen molar-refractivity contribution in [3.8, 4) is 0 Å². The minimum Gasteiger partial charge on any atom is -0.358 e. The molecule has 0 saturated carbocycles. The number of pyridine rings is 1. The van der Waals surface area contributed by atoms with E-state index in [4.69, 9.17) is 10.7 Å². The summed E-state index contributed by atoms with van der Waals surface area (Å²) in [4.78, 5) is 9.55. The van der Waals surface area contributed by atoms with E-state index in [9.17, 15) is 0 Å². The Hall–Kier alpha value is -1.65. The van der Waals surface area contributed by atoms with Gasteiger partial charge in [-0.3, -0.25) is 0 Å². The second-order valence-corrected chi connectivity index (χ2v) is 5.83. The highest BCUT2D eigenvalue weighted by Crippen LogP contribution is 2.22. The maximum Gasteiger partial charge on any atom is 0.129 e. The van der Waals surface area contributed by atoms with Gasteiger partial charge in [-0.05, 0) is 43.6 Å². The second kappa shape index (κ2) is 6.41. The Morgan fingerprint density at radius 3 is 2.76 bits per heavy atom. The number of nitrogens with two attached hydrogens (primary N) is 1. The van der Waals surface area contributed by atoms with Crippen molar-refractivity contribution in [2.75, 3.05) is 38.1 Å². The largest absolute Gasteiger partial charge is 0.358 e. The zero-order valence-electron chi connectivity index (χ0n) is 12.8. The molecule has 1 saturated heterocycles. The van der Waals surface area contributed by atoms with Crippen LogP contribution in [0.3, 0.4) is 0 Å². The van der Waals surface area contributed by atoms with Gasteiger partial charge in [0.15, 0.2) is 0 Å². The van der Waals surface area contributed by atoms with Gasteiger partial charge >= 0.3 is 0 Å². The second-order valence-electron chi connectivity index (χ2n) is 5.83. The zero-order chi connectivity index (χ0) is 14.7. The van der Waals surface area contributed by atoms with Crippen molar-refractivity contribution in [3.63, 3.8) is 0 Å². The predicted octanol–water partition coefficient (Wildman–Crippen LogP) is 2.23. The first-order valence-electron chi connectivity index (χ1n) is 7.80. The van der Waals surface area contributed by atoms with Crippen LogP contribution in [-0.2, 0) is 6.54 Å². The van der Waals surface area contributed by atoms with Crippen LogP contribution >= 0.6 is 0 Å². The van der Waals surface area contributed by atoms with E-state index in [1.165, 1.54) is 31.5 Å². The van der Waals surface area contributed by atoms with Crippen molar-refractivity contribution in [3.05, 3.63) is 35.9 Å². The van der Waals surface area contributed by atoms with Crippen LogP contribution in [0.25, 0.3) is 10.9 Å². The van der Waals surface area contributed by atoms with Crippen molar-refractivity contribution in [2.45, 2.75) is 19.4 Å². The van der Waals surface area contributed by atoms with E-state index in [2.05, 4.69) is 35.0 Å². The molecule has 3 rings (SSSR count). The number of rotatable bonds is 5. The van der Waals surface area contributed by atoms with Crippen LogP contribution in [0.1, 0.15) is 18.4 Å². The van der Waals surface area contributed by atoms with Crippen LogP contribution < -0.4 is 10.6 Å². The Kier molecular flexibility index (Phi) is 4.36. The number of nitrogens with zero attached hydrogens (tertiary/aromatic N) is 3. The van der Waals surface area contributed by atoms with E-state index >= 15 is 0 Å². The summed E-state index contributed by atoms with van der Waals surface area (Å²) >= 11 is 0. The topological polar surface area (TPSA) is 45.4 Å². The van der Waals surface area contributed by atoms with Crippen molar-refractivity contribution < 1.29 is 0 Å². The summed E-state index contributed by atoms with van der Waals surface area (Å²) < 4.78 is 0. The molecule has 2 N–H and O–H groups in total. The SMILES string of the molecule is CN(CCN1CCCC1)c1cc(CN)c2ccccc2n1. The van der Waals surface area contributed by atoms with Gasteiger partial charge in [-0.2, -0.15) is 0 Å². The molecule has 0 spiro atoms. The van der Waals surface area contributed by atoms with Crippen LogP contribution in [0.4, 0.5) is 5.82 Å². The maximum atomic E-state index is 5.90. The van der Waals surface area contributed by atoms with Gasteiger partial charge in [0.25, 0.3) is 0 Å². The third-order valence-electron chi connectivity index (χ3n) is 4.35. The molecule has 4 heteroatoms. The van der Waals surface area contributed by atoms with E-state index in [1.54, 1.807) is 0 Å². The standard InChI is InChI=1S/C17H24N4/c1-20(10-11-21-8-4-5-9-21)17-12-14(13-18)15-6-2-3-7-16(15)19-17/h2-3,6-7,12H,4-5,8-11,13,18H2,1H3. The highest BCUT2D eigenvalue weighted by atomic mass is 15.2. The number of likely N-dealkylation sites (tertiary alicyclic amines) is 1. The van der Waals surface area contributed by atoms with E-state index in [1.807, 2.05) is 12.1 Å². The highest BCUT2D eigenvalue weighted by molar-refractivity contribution is 5.84. The molecule has 21 heavy (non-hydrogen) atoms. The molecule has 2 aromatic rings. The fraction of sp³-hybridized carbons (Fsp3) is 0.471. The molecule has 1 aromatic carbocycles. The molecule has 0 unspecified atom stereocenters. The summed E-state index contributed by atoms with van der Waals surface area (Å²) in [6, 6.07) is 10.4. The summed E-state index contributed by atoms with van der Waals surface area (Å²) in [5, 5.41) is 1.16. The molecule has 0 bridgehead atoms. The molecule has 1 aliphatic rings. The molecule has 1 aliphatic heterocycles. The van der Waals surface area contributed by atoms with Crippen LogP contribution in [-0.4, -0.2) is 43.1 Å². The van der Waals surface area contributed by atoms with Gasteiger partial charge in [0.1, 0.15) is 5.82 Å². The lowest BCUT2D eigenvalue weighted by molar-refractivity contribution is 0.346. The van der Waals surface area contributed by atoms with E-state index in [0.29, 0.717) is 6.54 Å². The Labute approximate surface area is 126 Å². The first-order chi connectivity index (χ1) is 10.3. The monoisotopic (exact) mass is 284 g/mol. The Morgan fingerprint density at radius 1 is 1.24 bits per heavy atom. The molecule has 112 valence electrons. The Bertz CT molecular complexity index is 605. The van der Waals surface area contributed by atoms with Crippen LogP contribution in [0.5, 0.6) is 0 Å². The summed E-state index contributed by atoms with van der Waals surface area (Å²) in [5.74, 6) is 1.02. The number of hydrogen-bond donors (Lipinski definition) is 1. The average molecular weight is 284 g/mol. The molecule has 2 heterocycles. The Morgan fingerprint density at radius 2 is 2.00 bits per heavy atom. The minimum absolute atomic E-state index is 0.552. The van der Waals surface area contributed by atoms with E-state index in [-0.39, 0.29) is 0 Å². The number of hydrogen-bond acceptors (Lipinski definition) is 4. The number of para-hydroxylation sites is 1. The number of benzene rings is 1. The van der Waals surface area contributed by atoms with Gasteiger partial charge in [-0.25, -0.2) is 4.98 Å². The summed E-state index contributed by atoms with van der Waals surface area (Å²) in [6.45, 7) is 5.16. The molecular formula is C17H24N4. The van der Waals surface area contributed by atoms with Crippen molar-refractivity contribution in [1.29, 1.82) is 0 Å². The number of fused-ring (bicyclic) bond motifs is 1. The highest BCUT2D eigenvalue weighted by Gasteiger charge is 2.13. The minimum atomic E-state index is 0.552. The van der Waals surface area contributed by atoms with E-state index in [0.717, 1.165) is 29.8 Å². The van der Waals surface area contributed by atoms with Gasteiger partial charge in [0.2, 0.25) is 0 Å². The molecule has 1 fully saturated rings. The summed E-state index contributed by atoms with van der Waals surface area (Å²) in [6.07, 6.45) is 2.69. The summed E-state index contributed by atoms with van der Waals surface area (Å²) in [5.41, 5.74) is 8.10. The molecule has 1 aromatic heterocycles. The molecule has 0 atom stereocenters. The normalized spacial score (nSPS) is 15.7. The van der Waals surface area contributed by atoms with Crippen molar-refractivity contribution >= 4 is 16.7 Å². The average Bonchev–Trinajstić information content (AvgIpc) is 3.04. The number of aromatic nitrogens is 1. The fourth-order valence-electron chi connectivity index (χ4n) is 3.01. The lowest BCUT2D eigenvalue weighted by atomic mass is 10.1. The van der Waals surface area contributed by atoms with Gasteiger partial charge in [0.05, 0.1) is 5.52 Å². The van der Waals surface area contributed by atoms with E-state index < -0.39 is 0 Å². The lowest BCUT2D eigenvalue weighted by Gasteiger charge is -2.23. The van der Waals surface area contributed by atoms with Crippen molar-refractivity contribution in [2.24, 2.45) is 5.73 Å². The first-order valence-corrected chi connectivity index (χ1v) is 7.80. The number of likely N-dealkylation sites (N-methyl/N-ethyl adjacent to an activating group) is 1. The molecule has 0 amide bonds. The molecule has 4 nitrogen and oxygen atoms in total. The van der Waals surface area contributed by atoms with Crippen LogP contribution in [0.2, 0.25) is 0 Å². The third kappa shape index (κ3) is 3.17.